The van der Waals surface area contributed by atoms with Gasteiger partial charge in [-0.05, 0) is 37.1 Å². The lowest BCUT2D eigenvalue weighted by Gasteiger charge is -2.25. The van der Waals surface area contributed by atoms with Crippen LogP contribution in [0, 0.1) is 0 Å². The van der Waals surface area contributed by atoms with E-state index < -0.39 is 11.5 Å². The van der Waals surface area contributed by atoms with E-state index >= 15 is 0 Å². The molecular formula is C21H25N3O4. The van der Waals surface area contributed by atoms with Crippen LogP contribution in [0.1, 0.15) is 36.8 Å². The molecule has 28 heavy (non-hydrogen) atoms. The zero-order chi connectivity index (χ0) is 19.8. The average Bonchev–Trinajstić information content (AvgIpc) is 3.40. The zero-order valence-corrected chi connectivity index (χ0v) is 16.0. The molecule has 0 unspecified atom stereocenters. The number of benzene rings is 1. The van der Waals surface area contributed by atoms with Gasteiger partial charge in [-0.1, -0.05) is 37.1 Å². The molecule has 0 spiro atoms. The lowest BCUT2D eigenvalue weighted by atomic mass is 9.98. The number of aromatic nitrogens is 2. The van der Waals surface area contributed by atoms with Crippen molar-refractivity contribution in [2.24, 2.45) is 0 Å². The van der Waals surface area contributed by atoms with Crippen molar-refractivity contribution in [3.8, 4) is 0 Å². The van der Waals surface area contributed by atoms with Crippen LogP contribution in [0.2, 0.25) is 0 Å². The number of hydrogen-bond acceptors (Lipinski definition) is 6. The monoisotopic (exact) mass is 383 g/mol. The van der Waals surface area contributed by atoms with Gasteiger partial charge in [0.25, 0.3) is 0 Å². The van der Waals surface area contributed by atoms with Crippen molar-refractivity contribution < 1.29 is 19.1 Å². The maximum atomic E-state index is 12.2. The molecule has 1 aromatic heterocycles. The standard InChI is InChI=1S/C21H25N3O4/c1-22-21(10-2-3-11-21)20(26)28-16-27-19(25)9-8-17-4-6-18(7-5-17)14-24-13-12-23-15-24/h4-9,12-13,15,22H,2-3,10-11,14,16H2,1H3/b9-8+. The molecule has 1 aliphatic carbocycles. The molecule has 148 valence electrons. The molecule has 3 rings (SSSR count). The van der Waals surface area contributed by atoms with Crippen LogP contribution in [0.3, 0.4) is 0 Å². The molecule has 7 nitrogen and oxygen atoms in total. The maximum absolute atomic E-state index is 12.2. The van der Waals surface area contributed by atoms with Crippen molar-refractivity contribution in [1.82, 2.24) is 14.9 Å². The number of likely N-dealkylation sites (N-methyl/N-ethyl adjacent to an activating group) is 1. The molecule has 1 aliphatic rings. The Morgan fingerprint density at radius 1 is 1.21 bits per heavy atom. The molecule has 0 radical (unpaired) electrons. The lowest BCUT2D eigenvalue weighted by Crippen LogP contribution is -2.49. The van der Waals surface area contributed by atoms with E-state index in [1.807, 2.05) is 35.0 Å². The second kappa shape index (κ2) is 9.32. The molecule has 1 heterocycles. The van der Waals surface area contributed by atoms with E-state index in [1.54, 1.807) is 25.6 Å². The molecule has 1 fully saturated rings. The van der Waals surface area contributed by atoms with Crippen LogP contribution in [0.15, 0.2) is 49.1 Å². The molecule has 0 bridgehead atoms. The van der Waals surface area contributed by atoms with Crippen molar-refractivity contribution in [3.05, 3.63) is 60.2 Å². The number of rotatable bonds is 8. The number of carbonyl (C=O) groups is 2. The van der Waals surface area contributed by atoms with E-state index in [4.69, 9.17) is 9.47 Å². The predicted octanol–water partition coefficient (Wildman–Crippen LogP) is 2.52. The SMILES string of the molecule is CNC1(C(=O)OCOC(=O)/C=C/c2ccc(Cn3ccnc3)cc2)CCCC1. The van der Waals surface area contributed by atoms with Crippen LogP contribution in [0.25, 0.3) is 6.08 Å². The van der Waals surface area contributed by atoms with E-state index in [-0.39, 0.29) is 12.8 Å². The Bertz CT molecular complexity index is 807. The van der Waals surface area contributed by atoms with Gasteiger partial charge in [-0.3, -0.25) is 0 Å². The summed E-state index contributed by atoms with van der Waals surface area (Å²) in [5.41, 5.74) is 1.37. The summed E-state index contributed by atoms with van der Waals surface area (Å²) in [5.74, 6) is -0.919. The molecule has 1 aromatic carbocycles. The van der Waals surface area contributed by atoms with Crippen LogP contribution >= 0.6 is 0 Å². The highest BCUT2D eigenvalue weighted by molar-refractivity contribution is 5.87. The van der Waals surface area contributed by atoms with Crippen molar-refractivity contribution in [1.29, 1.82) is 0 Å². The van der Waals surface area contributed by atoms with Crippen molar-refractivity contribution in [2.45, 2.75) is 37.8 Å². The molecule has 0 saturated heterocycles. The van der Waals surface area contributed by atoms with Gasteiger partial charge in [0.1, 0.15) is 5.54 Å². The Balaban J connectivity index is 1.43. The van der Waals surface area contributed by atoms with Gasteiger partial charge in [0.2, 0.25) is 6.79 Å². The molecule has 0 atom stereocenters. The quantitative estimate of drug-likeness (QED) is 0.429. The maximum Gasteiger partial charge on any atom is 0.333 e. The molecule has 2 aromatic rings. The minimum atomic E-state index is -0.638. The lowest BCUT2D eigenvalue weighted by molar-refractivity contribution is -0.169. The molecular weight excluding hydrogens is 358 g/mol. The summed E-state index contributed by atoms with van der Waals surface area (Å²) >= 11 is 0. The highest BCUT2D eigenvalue weighted by atomic mass is 16.7. The average molecular weight is 383 g/mol. The van der Waals surface area contributed by atoms with Crippen molar-refractivity contribution in [3.63, 3.8) is 0 Å². The van der Waals surface area contributed by atoms with E-state index in [9.17, 15) is 9.59 Å². The summed E-state index contributed by atoms with van der Waals surface area (Å²) in [6.45, 7) is 0.362. The Morgan fingerprint density at radius 2 is 1.96 bits per heavy atom. The highest BCUT2D eigenvalue weighted by Gasteiger charge is 2.41. The van der Waals surface area contributed by atoms with Gasteiger partial charge in [-0.25, -0.2) is 14.6 Å². The molecule has 1 saturated carbocycles. The van der Waals surface area contributed by atoms with Gasteiger partial charge in [0, 0.05) is 25.0 Å². The Kier molecular flexibility index (Phi) is 6.60. The molecule has 7 heteroatoms. The smallest absolute Gasteiger partial charge is 0.333 e. The third kappa shape index (κ3) is 5.07. The fraction of sp³-hybridized carbons (Fsp3) is 0.381. The fourth-order valence-corrected chi connectivity index (χ4v) is 3.35. The van der Waals surface area contributed by atoms with Crippen LogP contribution in [0.5, 0.6) is 0 Å². The van der Waals surface area contributed by atoms with Crippen LogP contribution in [-0.2, 0) is 25.6 Å². The van der Waals surface area contributed by atoms with Gasteiger partial charge < -0.3 is 19.4 Å². The normalized spacial score (nSPS) is 15.6. The Hall–Kier alpha value is -2.93. The summed E-state index contributed by atoms with van der Waals surface area (Å²) in [4.78, 5) is 28.0. The van der Waals surface area contributed by atoms with Crippen LogP contribution in [-0.4, -0.2) is 40.9 Å². The summed E-state index contributed by atoms with van der Waals surface area (Å²) in [6, 6.07) is 7.83. The van der Waals surface area contributed by atoms with E-state index in [0.29, 0.717) is 0 Å². The van der Waals surface area contributed by atoms with Gasteiger partial charge in [0.15, 0.2) is 0 Å². The number of nitrogens with one attached hydrogen (secondary N) is 1. The number of esters is 2. The number of nitrogens with zero attached hydrogens (tertiary/aromatic N) is 2. The molecule has 0 aliphatic heterocycles. The van der Waals surface area contributed by atoms with Gasteiger partial charge >= 0.3 is 11.9 Å². The third-order valence-corrected chi connectivity index (χ3v) is 5.03. The van der Waals surface area contributed by atoms with Crippen molar-refractivity contribution >= 4 is 18.0 Å². The Morgan fingerprint density at radius 3 is 2.61 bits per heavy atom. The summed E-state index contributed by atoms with van der Waals surface area (Å²) in [6.07, 6.45) is 11.9. The number of carbonyl (C=O) groups excluding carboxylic acids is 2. The van der Waals surface area contributed by atoms with E-state index in [1.165, 1.54) is 6.08 Å². The van der Waals surface area contributed by atoms with Gasteiger partial charge in [0.05, 0.1) is 6.33 Å². The number of imidazole rings is 1. The largest absolute Gasteiger partial charge is 0.426 e. The van der Waals surface area contributed by atoms with E-state index in [0.717, 1.165) is 43.4 Å². The van der Waals surface area contributed by atoms with Crippen LogP contribution < -0.4 is 5.32 Å². The number of ether oxygens (including phenoxy) is 2. The second-order valence-corrected chi connectivity index (χ2v) is 6.86. The first-order valence-electron chi connectivity index (χ1n) is 9.37. The van der Waals surface area contributed by atoms with E-state index in [2.05, 4.69) is 10.3 Å². The first-order chi connectivity index (χ1) is 13.6. The summed E-state index contributed by atoms with van der Waals surface area (Å²) < 4.78 is 12.1. The second-order valence-electron chi connectivity index (χ2n) is 6.86. The highest BCUT2D eigenvalue weighted by Crippen LogP contribution is 2.30. The van der Waals surface area contributed by atoms with Crippen LogP contribution in [0.4, 0.5) is 0 Å². The topological polar surface area (TPSA) is 82.5 Å². The minimum Gasteiger partial charge on any atom is -0.426 e. The summed E-state index contributed by atoms with van der Waals surface area (Å²) in [5, 5.41) is 3.05. The molecule has 1 N–H and O–H groups in total. The first-order valence-corrected chi connectivity index (χ1v) is 9.37. The van der Waals surface area contributed by atoms with Gasteiger partial charge in [-0.15, -0.1) is 0 Å². The summed E-state index contributed by atoms with van der Waals surface area (Å²) in [7, 11) is 1.75. The predicted molar refractivity (Wildman–Crippen MR) is 104 cm³/mol. The third-order valence-electron chi connectivity index (χ3n) is 5.03. The first kappa shape index (κ1) is 19.8. The number of hydrogen-bond donors (Lipinski definition) is 1. The zero-order valence-electron chi connectivity index (χ0n) is 16.0. The van der Waals surface area contributed by atoms with Crippen molar-refractivity contribution in [2.75, 3.05) is 13.8 Å². The Labute approximate surface area is 164 Å². The van der Waals surface area contributed by atoms with Gasteiger partial charge in [-0.2, -0.15) is 0 Å². The fourth-order valence-electron chi connectivity index (χ4n) is 3.35. The minimum absolute atomic E-state index is 0.363. The molecule has 0 amide bonds.